The van der Waals surface area contributed by atoms with Crippen LogP contribution in [0.4, 0.5) is 5.69 Å². The molecule has 0 unspecified atom stereocenters. The minimum atomic E-state index is -0.499. The topological polar surface area (TPSA) is 79.4 Å². The molecule has 2 rings (SSSR count). The first-order valence-corrected chi connectivity index (χ1v) is 6.85. The first-order chi connectivity index (χ1) is 10.2. The number of nitrogens with zero attached hydrogens (tertiary/aromatic N) is 2. The quantitative estimate of drug-likeness (QED) is 0.651. The van der Waals surface area contributed by atoms with Crippen LogP contribution in [0.5, 0.6) is 5.75 Å². The van der Waals surface area contributed by atoms with E-state index in [-0.39, 0.29) is 12.2 Å². The van der Waals surface area contributed by atoms with Crippen molar-refractivity contribution in [1.29, 1.82) is 0 Å². The lowest BCUT2D eigenvalue weighted by atomic mass is 10.1. The molecule has 0 saturated heterocycles. The molecule has 2 aromatic rings. The zero-order chi connectivity index (χ0) is 15.2. The molecule has 1 heterocycles. The average Bonchev–Trinajstić information content (AvgIpc) is 2.93. The van der Waals surface area contributed by atoms with Crippen molar-refractivity contribution in [3.05, 3.63) is 41.7 Å². The Bertz CT molecular complexity index is 622. The van der Waals surface area contributed by atoms with Gasteiger partial charge in [0.25, 0.3) is 0 Å². The number of esters is 1. The second-order valence-electron chi connectivity index (χ2n) is 4.43. The van der Waals surface area contributed by atoms with Crippen LogP contribution in [0.2, 0.25) is 0 Å². The van der Waals surface area contributed by atoms with Crippen LogP contribution in [-0.2, 0) is 17.9 Å². The highest BCUT2D eigenvalue weighted by atomic mass is 16.5. The number of carbonyl (C=O) groups is 1. The molecule has 1 aromatic carbocycles. The fourth-order valence-corrected chi connectivity index (χ4v) is 1.92. The normalized spacial score (nSPS) is 10.4. The molecule has 0 spiro atoms. The van der Waals surface area contributed by atoms with Crippen LogP contribution in [0, 0.1) is 0 Å². The first-order valence-electron chi connectivity index (χ1n) is 6.85. The van der Waals surface area contributed by atoms with Gasteiger partial charge in [0, 0.05) is 24.0 Å². The van der Waals surface area contributed by atoms with Gasteiger partial charge in [-0.15, -0.1) is 0 Å². The number of aryl methyl sites for hydroxylation is 1. The molecule has 0 radical (unpaired) electrons. The molecule has 0 fully saturated rings. The van der Waals surface area contributed by atoms with Crippen LogP contribution in [0.25, 0.3) is 0 Å². The molecule has 0 bridgehead atoms. The van der Waals surface area contributed by atoms with Gasteiger partial charge in [0.05, 0.1) is 12.8 Å². The Morgan fingerprint density at radius 1 is 1.38 bits per heavy atom. The lowest BCUT2D eigenvalue weighted by Gasteiger charge is -2.11. The van der Waals surface area contributed by atoms with Crippen LogP contribution < -0.4 is 10.5 Å². The minimum absolute atomic E-state index is 0.152. The van der Waals surface area contributed by atoms with E-state index in [4.69, 9.17) is 15.2 Å². The summed E-state index contributed by atoms with van der Waals surface area (Å²) >= 11 is 0. The molecule has 112 valence electrons. The maximum atomic E-state index is 12.2. The summed E-state index contributed by atoms with van der Waals surface area (Å²) in [5, 5.41) is 4.13. The lowest BCUT2D eigenvalue weighted by molar-refractivity contribution is 0.0469. The molecule has 6 nitrogen and oxygen atoms in total. The molecular weight excluding hydrogens is 270 g/mol. The lowest BCUT2D eigenvalue weighted by Crippen LogP contribution is -2.11. The summed E-state index contributed by atoms with van der Waals surface area (Å²) in [5.41, 5.74) is 7.29. The molecule has 21 heavy (non-hydrogen) atoms. The van der Waals surface area contributed by atoms with Gasteiger partial charge in [-0.1, -0.05) is 6.07 Å². The van der Waals surface area contributed by atoms with E-state index < -0.39 is 5.97 Å². The van der Waals surface area contributed by atoms with Crippen molar-refractivity contribution in [2.45, 2.75) is 27.0 Å². The van der Waals surface area contributed by atoms with E-state index in [0.717, 1.165) is 12.1 Å². The van der Waals surface area contributed by atoms with E-state index in [1.807, 2.05) is 20.0 Å². The van der Waals surface area contributed by atoms with Crippen molar-refractivity contribution < 1.29 is 14.3 Å². The fourth-order valence-electron chi connectivity index (χ4n) is 1.92. The number of nitrogens with two attached hydrogens (primary N) is 1. The maximum Gasteiger partial charge on any atom is 0.344 e. The van der Waals surface area contributed by atoms with E-state index in [9.17, 15) is 4.79 Å². The Morgan fingerprint density at radius 3 is 2.86 bits per heavy atom. The molecule has 6 heteroatoms. The van der Waals surface area contributed by atoms with Crippen LogP contribution in [-0.4, -0.2) is 22.4 Å². The third-order valence-electron chi connectivity index (χ3n) is 2.94. The number of nitrogen functional groups attached to an aromatic ring is 1. The van der Waals surface area contributed by atoms with E-state index in [0.29, 0.717) is 18.0 Å². The van der Waals surface area contributed by atoms with Crippen molar-refractivity contribution in [2.75, 3.05) is 12.3 Å². The van der Waals surface area contributed by atoms with Gasteiger partial charge in [-0.25, -0.2) is 4.79 Å². The summed E-state index contributed by atoms with van der Waals surface area (Å²) in [6.45, 7) is 5.21. The largest absolute Gasteiger partial charge is 0.493 e. The van der Waals surface area contributed by atoms with Crippen molar-refractivity contribution >= 4 is 11.7 Å². The smallest absolute Gasteiger partial charge is 0.344 e. The molecule has 0 aliphatic carbocycles. The fraction of sp³-hybridized carbons (Fsp3) is 0.333. The van der Waals surface area contributed by atoms with Crippen LogP contribution in [0.3, 0.4) is 0 Å². The van der Waals surface area contributed by atoms with E-state index in [2.05, 4.69) is 5.10 Å². The molecular formula is C15H19N3O3. The highest BCUT2D eigenvalue weighted by Gasteiger charge is 2.17. The summed E-state index contributed by atoms with van der Waals surface area (Å²) in [6.07, 6.45) is 3.51. The Labute approximate surface area is 123 Å². The van der Waals surface area contributed by atoms with E-state index in [1.165, 1.54) is 0 Å². The van der Waals surface area contributed by atoms with Gasteiger partial charge < -0.3 is 15.2 Å². The first kappa shape index (κ1) is 14.9. The minimum Gasteiger partial charge on any atom is -0.493 e. The van der Waals surface area contributed by atoms with Gasteiger partial charge in [-0.3, -0.25) is 4.68 Å². The molecule has 1 aromatic heterocycles. The monoisotopic (exact) mass is 289 g/mol. The summed E-state index contributed by atoms with van der Waals surface area (Å²) < 4.78 is 12.5. The van der Waals surface area contributed by atoms with Gasteiger partial charge in [-0.2, -0.15) is 5.10 Å². The maximum absolute atomic E-state index is 12.2. The molecule has 0 saturated carbocycles. The molecule has 0 amide bonds. The van der Waals surface area contributed by atoms with Crippen molar-refractivity contribution in [3.63, 3.8) is 0 Å². The Balaban J connectivity index is 2.09. The van der Waals surface area contributed by atoms with Crippen LogP contribution in [0.1, 0.15) is 29.8 Å². The van der Waals surface area contributed by atoms with Gasteiger partial charge in [0.15, 0.2) is 0 Å². The van der Waals surface area contributed by atoms with Crippen molar-refractivity contribution in [2.24, 2.45) is 0 Å². The number of aromatic nitrogens is 2. The average molecular weight is 289 g/mol. The highest BCUT2D eigenvalue weighted by molar-refractivity contribution is 5.98. The van der Waals surface area contributed by atoms with Crippen molar-refractivity contribution in [1.82, 2.24) is 9.78 Å². The summed E-state index contributed by atoms with van der Waals surface area (Å²) in [7, 11) is 0. The predicted molar refractivity (Wildman–Crippen MR) is 79.0 cm³/mol. The zero-order valence-corrected chi connectivity index (χ0v) is 12.2. The number of hydrogen-bond donors (Lipinski definition) is 1. The van der Waals surface area contributed by atoms with Crippen LogP contribution in [0.15, 0.2) is 30.6 Å². The van der Waals surface area contributed by atoms with Gasteiger partial charge >= 0.3 is 5.97 Å². The van der Waals surface area contributed by atoms with E-state index in [1.54, 1.807) is 29.1 Å². The van der Waals surface area contributed by atoms with Crippen molar-refractivity contribution in [3.8, 4) is 5.75 Å². The third-order valence-corrected chi connectivity index (χ3v) is 2.94. The Hall–Kier alpha value is -2.50. The molecule has 0 aliphatic heterocycles. The third kappa shape index (κ3) is 3.53. The standard InChI is InChI=1S/C15H19N3O3/c1-3-18-9-11(8-17-18)10-21-15(19)14-12(16)6-5-7-13(14)20-4-2/h5-9H,3-4,10,16H2,1-2H3. The van der Waals surface area contributed by atoms with Gasteiger partial charge in [0.1, 0.15) is 17.9 Å². The van der Waals surface area contributed by atoms with Gasteiger partial charge in [0.2, 0.25) is 0 Å². The summed E-state index contributed by atoms with van der Waals surface area (Å²) in [5.74, 6) is -0.0625. The van der Waals surface area contributed by atoms with Gasteiger partial charge in [-0.05, 0) is 26.0 Å². The second kappa shape index (κ2) is 6.78. The number of hydrogen-bond acceptors (Lipinski definition) is 5. The molecule has 2 N–H and O–H groups in total. The second-order valence-corrected chi connectivity index (χ2v) is 4.43. The number of carbonyl (C=O) groups excluding carboxylic acids is 1. The molecule has 0 atom stereocenters. The van der Waals surface area contributed by atoms with E-state index >= 15 is 0 Å². The highest BCUT2D eigenvalue weighted by Crippen LogP contribution is 2.25. The Kier molecular flexibility index (Phi) is 4.81. The number of ether oxygens (including phenoxy) is 2. The number of rotatable bonds is 6. The summed E-state index contributed by atoms with van der Waals surface area (Å²) in [6, 6.07) is 5.09. The zero-order valence-electron chi connectivity index (χ0n) is 12.2. The number of anilines is 1. The Morgan fingerprint density at radius 2 is 2.19 bits per heavy atom. The SMILES string of the molecule is CCOc1cccc(N)c1C(=O)OCc1cnn(CC)c1. The predicted octanol–water partition coefficient (Wildman–Crippen LogP) is 2.24. The molecule has 0 aliphatic rings. The summed E-state index contributed by atoms with van der Waals surface area (Å²) in [4.78, 5) is 12.2. The number of benzene rings is 1. The van der Waals surface area contributed by atoms with Crippen LogP contribution >= 0.6 is 0 Å².